The van der Waals surface area contributed by atoms with Crippen molar-refractivity contribution in [2.24, 2.45) is 39.9 Å². The Morgan fingerprint density at radius 1 is 0.897 bits per heavy atom. The second kappa shape index (κ2) is 8.88. The van der Waals surface area contributed by atoms with Gasteiger partial charge < -0.3 is 19.3 Å². The predicted octanol–water partition coefficient (Wildman–Crippen LogP) is 4.12. The molecule has 0 saturated heterocycles. The lowest BCUT2D eigenvalue weighted by Crippen LogP contribution is -2.72. The molecule has 39 heavy (non-hydrogen) atoms. The van der Waals surface area contributed by atoms with Crippen LogP contribution in [0.25, 0.3) is 0 Å². The molecule has 4 aliphatic carbocycles. The Hall–Kier alpha value is -2.74. The van der Waals surface area contributed by atoms with Crippen molar-refractivity contribution in [3.63, 3.8) is 0 Å². The topological polar surface area (TPSA) is 116 Å². The summed E-state index contributed by atoms with van der Waals surface area (Å²) in [7, 11) is 0. The van der Waals surface area contributed by atoms with Gasteiger partial charge in [-0.3, -0.25) is 14.4 Å². The highest BCUT2D eigenvalue weighted by atomic mass is 16.6. The van der Waals surface area contributed by atoms with Gasteiger partial charge in [0.1, 0.15) is 29.7 Å². The van der Waals surface area contributed by atoms with E-state index in [0.717, 1.165) is 0 Å². The van der Waals surface area contributed by atoms with Crippen LogP contribution in [0.4, 0.5) is 0 Å². The van der Waals surface area contributed by atoms with Crippen molar-refractivity contribution in [1.82, 2.24) is 0 Å². The highest BCUT2D eigenvalue weighted by Crippen LogP contribution is 2.75. The molecule has 1 aromatic carbocycles. The van der Waals surface area contributed by atoms with Crippen LogP contribution in [0.1, 0.15) is 78.1 Å². The molecule has 4 fully saturated rings. The summed E-state index contributed by atoms with van der Waals surface area (Å²) in [5, 5.41) is 12.6. The van der Waals surface area contributed by atoms with Gasteiger partial charge in [-0.1, -0.05) is 52.8 Å². The van der Waals surface area contributed by atoms with Crippen molar-refractivity contribution in [3.8, 4) is 0 Å². The number of esters is 3. The summed E-state index contributed by atoms with van der Waals surface area (Å²) in [6, 6.07) is 8.60. The van der Waals surface area contributed by atoms with Crippen LogP contribution in [0.15, 0.2) is 30.3 Å². The van der Waals surface area contributed by atoms with E-state index in [0.29, 0.717) is 18.4 Å². The zero-order valence-corrected chi connectivity index (χ0v) is 23.9. The van der Waals surface area contributed by atoms with E-state index in [9.17, 15) is 24.3 Å². The minimum atomic E-state index is -1.65. The quantitative estimate of drug-likeness (QED) is 0.448. The van der Waals surface area contributed by atoms with Crippen LogP contribution in [0.3, 0.4) is 0 Å². The monoisotopic (exact) mass is 540 g/mol. The van der Waals surface area contributed by atoms with E-state index >= 15 is 0 Å². The first-order chi connectivity index (χ1) is 18.1. The average molecular weight is 541 g/mol. The molecule has 5 rings (SSSR count). The zero-order chi connectivity index (χ0) is 28.7. The molecule has 0 unspecified atom stereocenters. The third-order valence-corrected chi connectivity index (χ3v) is 10.8. The Morgan fingerprint density at radius 2 is 1.51 bits per heavy atom. The first-order valence-electron chi connectivity index (χ1n) is 13.9. The van der Waals surface area contributed by atoms with Crippen molar-refractivity contribution in [2.75, 3.05) is 0 Å². The second-order valence-corrected chi connectivity index (χ2v) is 13.5. The number of rotatable bonds is 4. The summed E-state index contributed by atoms with van der Waals surface area (Å²) < 4.78 is 18.2. The van der Waals surface area contributed by atoms with Gasteiger partial charge in [-0.05, 0) is 43.2 Å². The molecule has 0 aliphatic heterocycles. The molecule has 0 aromatic heterocycles. The van der Waals surface area contributed by atoms with Crippen molar-refractivity contribution >= 4 is 23.7 Å². The van der Waals surface area contributed by atoms with E-state index in [-0.39, 0.29) is 30.0 Å². The second-order valence-electron chi connectivity index (χ2n) is 13.5. The molecule has 8 nitrogen and oxygen atoms in total. The Bertz CT molecular complexity index is 1210. The Kier molecular flexibility index (Phi) is 6.33. The molecule has 212 valence electrons. The van der Waals surface area contributed by atoms with Crippen LogP contribution in [-0.2, 0) is 28.6 Å². The normalized spacial score (nSPS) is 43.7. The lowest BCUT2D eigenvalue weighted by atomic mass is 9.47. The minimum absolute atomic E-state index is 0.144. The SMILES string of the molecule is CC(=O)O[C@@H]1[C@H]2[C@@H](OC(=O)c3ccccc3)[C@@H](C)C[C@]2(O)[C@H](OC(C)=O)[C@@]2(C)[C@@H]3CC(C)(C)C(=O)[C@@H]3C[C@@]12C. The molecule has 1 aromatic rings. The van der Waals surface area contributed by atoms with E-state index in [4.69, 9.17) is 14.2 Å². The summed E-state index contributed by atoms with van der Waals surface area (Å²) in [5.74, 6) is -3.12. The molecule has 4 aliphatic rings. The van der Waals surface area contributed by atoms with Gasteiger partial charge >= 0.3 is 17.9 Å². The van der Waals surface area contributed by atoms with E-state index < -0.39 is 64.0 Å². The fraction of sp³-hybridized carbons (Fsp3) is 0.677. The van der Waals surface area contributed by atoms with Gasteiger partial charge in [0.25, 0.3) is 0 Å². The van der Waals surface area contributed by atoms with Crippen LogP contribution in [0.5, 0.6) is 0 Å². The van der Waals surface area contributed by atoms with E-state index in [1.165, 1.54) is 13.8 Å². The number of carbonyl (C=O) groups is 4. The molecule has 0 spiro atoms. The van der Waals surface area contributed by atoms with E-state index in [2.05, 4.69) is 0 Å². The standard InChI is InChI=1S/C31H40O8/c1-16-13-31(36)22(23(16)39-26(35)19-11-9-8-10-12-19)25(37-17(2)32)29(6)14-20-21(15-28(4,5)24(20)34)30(29,7)27(31)38-18(3)33/h8-12,16,20-23,25,27,36H,13-15H2,1-7H3/t16-,20+,21+,22+,23-,25+,27+,29-,30+,31+/m0/s1. The fourth-order valence-corrected chi connectivity index (χ4v) is 9.13. The minimum Gasteiger partial charge on any atom is -0.461 e. The maximum atomic E-state index is 13.6. The summed E-state index contributed by atoms with van der Waals surface area (Å²) in [6.45, 7) is 12.4. The van der Waals surface area contributed by atoms with Crippen molar-refractivity contribution in [2.45, 2.75) is 91.6 Å². The van der Waals surface area contributed by atoms with Gasteiger partial charge in [-0.25, -0.2) is 4.79 Å². The van der Waals surface area contributed by atoms with Crippen LogP contribution in [0.2, 0.25) is 0 Å². The van der Waals surface area contributed by atoms with Gasteiger partial charge in [-0.2, -0.15) is 0 Å². The molecule has 4 saturated carbocycles. The molecular formula is C31H40O8. The van der Waals surface area contributed by atoms with Crippen LogP contribution < -0.4 is 0 Å². The smallest absolute Gasteiger partial charge is 0.338 e. The highest BCUT2D eigenvalue weighted by molar-refractivity contribution is 5.90. The molecule has 1 N–H and O–H groups in total. The Balaban J connectivity index is 1.66. The molecule has 0 amide bonds. The number of hydrogen-bond acceptors (Lipinski definition) is 8. The van der Waals surface area contributed by atoms with Crippen LogP contribution in [-0.4, -0.2) is 52.7 Å². The number of hydrogen-bond donors (Lipinski definition) is 1. The molecule has 8 heteroatoms. The Morgan fingerprint density at radius 3 is 2.10 bits per heavy atom. The number of aliphatic hydroxyl groups is 1. The molecular weight excluding hydrogens is 500 g/mol. The Labute approximate surface area is 229 Å². The van der Waals surface area contributed by atoms with Gasteiger partial charge in [-0.15, -0.1) is 0 Å². The molecule has 0 bridgehead atoms. The number of Topliss-reactive ketones (excluding diaryl/α,β-unsaturated/α-hetero) is 1. The average Bonchev–Trinajstić information content (AvgIpc) is 3.33. The largest absolute Gasteiger partial charge is 0.461 e. The number of ketones is 1. The van der Waals surface area contributed by atoms with E-state index in [1.807, 2.05) is 34.6 Å². The summed E-state index contributed by atoms with van der Waals surface area (Å²) in [6.07, 6.45) is -1.47. The maximum absolute atomic E-state index is 13.6. The molecule has 10 atom stereocenters. The predicted molar refractivity (Wildman–Crippen MR) is 140 cm³/mol. The van der Waals surface area contributed by atoms with Gasteiger partial charge in [0.15, 0.2) is 0 Å². The number of ether oxygens (including phenoxy) is 3. The molecule has 0 heterocycles. The maximum Gasteiger partial charge on any atom is 0.338 e. The van der Waals surface area contributed by atoms with Crippen LogP contribution in [0, 0.1) is 39.9 Å². The summed E-state index contributed by atoms with van der Waals surface area (Å²) in [5.41, 5.74) is -3.54. The zero-order valence-electron chi connectivity index (χ0n) is 23.9. The highest BCUT2D eigenvalue weighted by Gasteiger charge is 2.81. The number of carbonyl (C=O) groups excluding carboxylic acids is 4. The third kappa shape index (κ3) is 3.80. The van der Waals surface area contributed by atoms with Gasteiger partial charge in [0.05, 0.1) is 11.5 Å². The van der Waals surface area contributed by atoms with Crippen molar-refractivity contribution in [1.29, 1.82) is 0 Å². The number of benzene rings is 1. The third-order valence-electron chi connectivity index (χ3n) is 10.8. The fourth-order valence-electron chi connectivity index (χ4n) is 9.13. The lowest BCUT2D eigenvalue weighted by molar-refractivity contribution is -0.284. The van der Waals surface area contributed by atoms with E-state index in [1.54, 1.807) is 30.3 Å². The van der Waals surface area contributed by atoms with Crippen LogP contribution >= 0.6 is 0 Å². The molecule has 0 radical (unpaired) electrons. The summed E-state index contributed by atoms with van der Waals surface area (Å²) >= 11 is 0. The first-order valence-corrected chi connectivity index (χ1v) is 13.9. The van der Waals surface area contributed by atoms with Gasteiger partial charge in [0.2, 0.25) is 0 Å². The summed E-state index contributed by atoms with van der Waals surface area (Å²) in [4.78, 5) is 52.0. The van der Waals surface area contributed by atoms with Crippen molar-refractivity contribution in [3.05, 3.63) is 35.9 Å². The van der Waals surface area contributed by atoms with Gasteiger partial charge in [0, 0.05) is 36.0 Å². The lowest BCUT2D eigenvalue weighted by Gasteiger charge is -2.62. The number of fused-ring (bicyclic) bond motifs is 4. The first kappa shape index (κ1) is 27.8. The van der Waals surface area contributed by atoms with Crippen molar-refractivity contribution < 1.29 is 38.5 Å².